The molecule has 0 saturated heterocycles. The summed E-state index contributed by atoms with van der Waals surface area (Å²) in [5, 5.41) is 0. The maximum atomic E-state index is 11.6. The van der Waals surface area contributed by atoms with Crippen molar-refractivity contribution >= 4 is 11.9 Å². The van der Waals surface area contributed by atoms with Crippen LogP contribution >= 0.6 is 0 Å². The van der Waals surface area contributed by atoms with E-state index in [1.807, 2.05) is 6.92 Å². The summed E-state index contributed by atoms with van der Waals surface area (Å²) in [6.45, 7) is 2.76. The van der Waals surface area contributed by atoms with Crippen LogP contribution in [0.25, 0.3) is 0 Å². The van der Waals surface area contributed by atoms with Crippen LogP contribution in [0.4, 0.5) is 0 Å². The van der Waals surface area contributed by atoms with Crippen LogP contribution in [-0.2, 0) is 19.1 Å². The van der Waals surface area contributed by atoms with Crippen LogP contribution < -0.4 is 0 Å². The van der Waals surface area contributed by atoms with Gasteiger partial charge in [0.05, 0.1) is 19.1 Å². The van der Waals surface area contributed by atoms with Gasteiger partial charge in [-0.05, 0) is 32.6 Å². The zero-order chi connectivity index (χ0) is 13.5. The lowest BCUT2D eigenvalue weighted by Crippen LogP contribution is -2.33. The summed E-state index contributed by atoms with van der Waals surface area (Å²) in [7, 11) is 3.18. The third-order valence-corrected chi connectivity index (χ3v) is 3.55. The summed E-state index contributed by atoms with van der Waals surface area (Å²) in [6.07, 6.45) is 3.32. The highest BCUT2D eigenvalue weighted by Crippen LogP contribution is 2.26. The number of ether oxygens (including phenoxy) is 2. The highest BCUT2D eigenvalue weighted by Gasteiger charge is 2.27. The van der Waals surface area contributed by atoms with Crippen molar-refractivity contribution in [3.63, 3.8) is 0 Å². The van der Waals surface area contributed by atoms with Gasteiger partial charge in [0, 0.05) is 13.6 Å². The molecule has 0 heterocycles. The zero-order valence-corrected chi connectivity index (χ0v) is 11.5. The Morgan fingerprint density at radius 1 is 1.22 bits per heavy atom. The Hall–Kier alpha value is -1.10. The van der Waals surface area contributed by atoms with Gasteiger partial charge >= 0.3 is 5.97 Å². The molecule has 5 heteroatoms. The van der Waals surface area contributed by atoms with Crippen molar-refractivity contribution < 1.29 is 19.1 Å². The van der Waals surface area contributed by atoms with Crippen molar-refractivity contribution in [2.75, 3.05) is 27.3 Å². The Labute approximate surface area is 108 Å². The lowest BCUT2D eigenvalue weighted by atomic mass is 9.87. The Morgan fingerprint density at radius 2 is 1.83 bits per heavy atom. The molecule has 1 aliphatic carbocycles. The Kier molecular flexibility index (Phi) is 6.12. The molecule has 0 radical (unpaired) electrons. The second-order valence-corrected chi connectivity index (χ2v) is 4.72. The normalized spacial score (nSPS) is 23.5. The molecule has 1 amide bonds. The Morgan fingerprint density at radius 3 is 2.33 bits per heavy atom. The molecule has 0 aromatic heterocycles. The molecule has 0 spiro atoms. The number of carbonyl (C=O) groups is 2. The average Bonchev–Trinajstić information content (AvgIpc) is 2.43. The second kappa shape index (κ2) is 7.36. The first-order chi connectivity index (χ1) is 8.58. The molecule has 1 fully saturated rings. The van der Waals surface area contributed by atoms with E-state index in [2.05, 4.69) is 0 Å². The van der Waals surface area contributed by atoms with E-state index in [0.717, 1.165) is 25.7 Å². The van der Waals surface area contributed by atoms with E-state index in [1.165, 1.54) is 7.11 Å². The van der Waals surface area contributed by atoms with Gasteiger partial charge in [-0.1, -0.05) is 0 Å². The quantitative estimate of drug-likeness (QED) is 0.695. The van der Waals surface area contributed by atoms with Crippen molar-refractivity contribution in [2.45, 2.75) is 38.7 Å². The van der Waals surface area contributed by atoms with Gasteiger partial charge in [0.15, 0.2) is 0 Å². The van der Waals surface area contributed by atoms with Crippen molar-refractivity contribution in [3.8, 4) is 0 Å². The molecule has 0 aromatic rings. The molecule has 0 unspecified atom stereocenters. The maximum Gasteiger partial charge on any atom is 0.308 e. The van der Waals surface area contributed by atoms with Gasteiger partial charge in [0.2, 0.25) is 5.91 Å². The molecule has 1 rings (SSSR count). The van der Waals surface area contributed by atoms with Crippen LogP contribution in [0.2, 0.25) is 0 Å². The van der Waals surface area contributed by atoms with Crippen LogP contribution in [0.15, 0.2) is 0 Å². The molecule has 18 heavy (non-hydrogen) atoms. The maximum absolute atomic E-state index is 11.6. The molecule has 0 atom stereocenters. The topological polar surface area (TPSA) is 55.8 Å². The fraction of sp³-hybridized carbons (Fsp3) is 0.846. The van der Waals surface area contributed by atoms with Gasteiger partial charge in [-0.2, -0.15) is 0 Å². The highest BCUT2D eigenvalue weighted by atomic mass is 16.5. The van der Waals surface area contributed by atoms with Crippen molar-refractivity contribution in [3.05, 3.63) is 0 Å². The van der Waals surface area contributed by atoms with E-state index in [1.54, 1.807) is 11.9 Å². The van der Waals surface area contributed by atoms with Gasteiger partial charge < -0.3 is 14.4 Å². The van der Waals surface area contributed by atoms with E-state index >= 15 is 0 Å². The van der Waals surface area contributed by atoms with Gasteiger partial charge in [-0.3, -0.25) is 9.59 Å². The number of nitrogens with zero attached hydrogens (tertiary/aromatic N) is 1. The number of rotatable bonds is 5. The third-order valence-electron chi connectivity index (χ3n) is 3.55. The lowest BCUT2D eigenvalue weighted by Gasteiger charge is -2.27. The molecular weight excluding hydrogens is 234 g/mol. The van der Waals surface area contributed by atoms with Crippen LogP contribution in [0.1, 0.15) is 32.6 Å². The van der Waals surface area contributed by atoms with Crippen LogP contribution in [0.3, 0.4) is 0 Å². The smallest absolute Gasteiger partial charge is 0.308 e. The molecule has 1 aliphatic rings. The summed E-state index contributed by atoms with van der Waals surface area (Å²) in [6, 6.07) is 0. The zero-order valence-electron chi connectivity index (χ0n) is 11.5. The van der Waals surface area contributed by atoms with Gasteiger partial charge in [0.1, 0.15) is 6.61 Å². The number of hydrogen-bond donors (Lipinski definition) is 0. The number of carbonyl (C=O) groups excluding carboxylic acids is 2. The first kappa shape index (κ1) is 15.0. The number of amides is 1. The Balaban J connectivity index is 2.24. The van der Waals surface area contributed by atoms with E-state index < -0.39 is 0 Å². The molecule has 0 aliphatic heterocycles. The molecular formula is C13H23NO4. The van der Waals surface area contributed by atoms with Crippen molar-refractivity contribution in [1.29, 1.82) is 0 Å². The molecule has 5 nitrogen and oxygen atoms in total. The van der Waals surface area contributed by atoms with Gasteiger partial charge in [-0.25, -0.2) is 0 Å². The minimum Gasteiger partial charge on any atom is -0.469 e. The summed E-state index contributed by atoms with van der Waals surface area (Å²) in [5.74, 6) is -0.119. The number of hydrogen-bond acceptors (Lipinski definition) is 4. The largest absolute Gasteiger partial charge is 0.469 e. The first-order valence-corrected chi connectivity index (χ1v) is 6.51. The van der Waals surface area contributed by atoms with Crippen LogP contribution in [-0.4, -0.2) is 50.2 Å². The monoisotopic (exact) mass is 257 g/mol. The van der Waals surface area contributed by atoms with E-state index in [-0.39, 0.29) is 30.5 Å². The summed E-state index contributed by atoms with van der Waals surface area (Å²) < 4.78 is 10.3. The first-order valence-electron chi connectivity index (χ1n) is 6.51. The second-order valence-electron chi connectivity index (χ2n) is 4.72. The van der Waals surface area contributed by atoms with E-state index in [9.17, 15) is 9.59 Å². The third kappa shape index (κ3) is 4.29. The van der Waals surface area contributed by atoms with Gasteiger partial charge in [0.25, 0.3) is 0 Å². The minimum absolute atomic E-state index is 0.00358. The van der Waals surface area contributed by atoms with Crippen molar-refractivity contribution in [2.24, 2.45) is 5.92 Å². The minimum atomic E-state index is -0.129. The number of esters is 1. The SMILES string of the molecule is CCN(C)C(=O)COC1CCC(C(=O)OC)CC1. The summed E-state index contributed by atoms with van der Waals surface area (Å²) >= 11 is 0. The van der Waals surface area contributed by atoms with Crippen LogP contribution in [0.5, 0.6) is 0 Å². The predicted octanol–water partition coefficient (Wildman–Crippen LogP) is 1.21. The van der Waals surface area contributed by atoms with E-state index in [0.29, 0.717) is 6.54 Å². The Bertz CT molecular complexity index is 285. The van der Waals surface area contributed by atoms with E-state index in [4.69, 9.17) is 9.47 Å². The molecule has 0 aromatic carbocycles. The van der Waals surface area contributed by atoms with Crippen molar-refractivity contribution in [1.82, 2.24) is 4.90 Å². The lowest BCUT2D eigenvalue weighted by molar-refractivity contribution is -0.148. The molecule has 104 valence electrons. The number of likely N-dealkylation sites (N-methyl/N-ethyl adjacent to an activating group) is 1. The number of methoxy groups -OCH3 is 1. The fourth-order valence-electron chi connectivity index (χ4n) is 2.11. The predicted molar refractivity (Wildman–Crippen MR) is 67.0 cm³/mol. The highest BCUT2D eigenvalue weighted by molar-refractivity contribution is 5.77. The standard InChI is InChI=1S/C13H23NO4/c1-4-14(2)12(15)9-18-11-7-5-10(6-8-11)13(16)17-3/h10-11H,4-9H2,1-3H3. The molecule has 1 saturated carbocycles. The molecule has 0 bridgehead atoms. The fourth-order valence-corrected chi connectivity index (χ4v) is 2.11. The molecule has 0 N–H and O–H groups in total. The summed E-state index contributed by atoms with van der Waals surface area (Å²) in [4.78, 5) is 24.5. The summed E-state index contributed by atoms with van der Waals surface area (Å²) in [5.41, 5.74) is 0. The average molecular weight is 257 g/mol. The van der Waals surface area contributed by atoms with Gasteiger partial charge in [-0.15, -0.1) is 0 Å². The van der Waals surface area contributed by atoms with Crippen LogP contribution in [0, 0.1) is 5.92 Å².